The van der Waals surface area contributed by atoms with Crippen LogP contribution in [0.25, 0.3) is 10.8 Å². The van der Waals surface area contributed by atoms with Gasteiger partial charge in [0.1, 0.15) is 0 Å². The van der Waals surface area contributed by atoms with Gasteiger partial charge in [-0.2, -0.15) is 0 Å². The molecule has 0 saturated heterocycles. The molecule has 0 radical (unpaired) electrons. The molecule has 0 heterocycles. The van der Waals surface area contributed by atoms with Gasteiger partial charge in [-0.3, -0.25) is 0 Å². The van der Waals surface area contributed by atoms with E-state index in [4.69, 9.17) is 5.73 Å². The number of hydrogen-bond donors (Lipinski definition) is 2. The summed E-state index contributed by atoms with van der Waals surface area (Å²) in [6.45, 7) is 0. The van der Waals surface area contributed by atoms with Crippen molar-refractivity contribution < 1.29 is 5.11 Å². The number of rotatable bonds is 1. The minimum Gasteiger partial charge on any atom is -0.391 e. The van der Waals surface area contributed by atoms with Crippen molar-refractivity contribution in [2.45, 2.75) is 37.3 Å². The predicted octanol–water partition coefficient (Wildman–Crippen LogP) is 2.93. The Morgan fingerprint density at radius 1 is 1.06 bits per heavy atom. The minimum absolute atomic E-state index is 0.424. The summed E-state index contributed by atoms with van der Waals surface area (Å²) < 4.78 is 0. The molecule has 0 bridgehead atoms. The maximum atomic E-state index is 10.2. The fourth-order valence-corrected chi connectivity index (χ4v) is 2.99. The van der Waals surface area contributed by atoms with Crippen LogP contribution in [0.3, 0.4) is 0 Å². The maximum Gasteiger partial charge on any atom is 0.0761 e. The molecule has 1 aliphatic rings. The molecule has 2 nitrogen and oxygen atoms in total. The second kappa shape index (κ2) is 4.38. The Morgan fingerprint density at radius 3 is 2.61 bits per heavy atom. The number of nitrogens with two attached hydrogens (primary N) is 1. The molecule has 3 rings (SSSR count). The largest absolute Gasteiger partial charge is 0.391 e. The van der Waals surface area contributed by atoms with Crippen LogP contribution in [0.2, 0.25) is 0 Å². The highest BCUT2D eigenvalue weighted by Gasteiger charge is 2.37. The van der Waals surface area contributed by atoms with E-state index in [0.717, 1.165) is 31.2 Å². The second-order valence-electron chi connectivity index (χ2n) is 5.36. The van der Waals surface area contributed by atoms with E-state index in [1.165, 1.54) is 10.8 Å². The summed E-state index contributed by atoms with van der Waals surface area (Å²) in [4.78, 5) is 0. The zero-order valence-corrected chi connectivity index (χ0v) is 10.5. The normalized spacial score (nSPS) is 28.4. The number of hydrogen-bond acceptors (Lipinski definition) is 2. The fraction of sp³-hybridized carbons (Fsp3) is 0.375. The van der Waals surface area contributed by atoms with Crippen molar-refractivity contribution in [1.82, 2.24) is 0 Å². The lowest BCUT2D eigenvalue weighted by molar-refractivity contribution is 0.0451. The molecule has 3 N–H and O–H groups in total. The summed E-state index contributed by atoms with van der Waals surface area (Å²) in [5, 5.41) is 12.6. The third-order valence-corrected chi connectivity index (χ3v) is 4.20. The number of benzene rings is 2. The van der Waals surface area contributed by atoms with Gasteiger partial charge in [0, 0.05) is 0 Å². The zero-order valence-electron chi connectivity index (χ0n) is 10.5. The molecule has 2 aromatic rings. The molecule has 18 heavy (non-hydrogen) atoms. The lowest BCUT2D eigenvalue weighted by Crippen LogP contribution is -2.49. The van der Waals surface area contributed by atoms with E-state index in [1.807, 2.05) is 12.1 Å². The van der Waals surface area contributed by atoms with Gasteiger partial charge >= 0.3 is 0 Å². The van der Waals surface area contributed by atoms with Gasteiger partial charge in [0.2, 0.25) is 0 Å². The Balaban J connectivity index is 2.07. The van der Waals surface area contributed by atoms with Crippen molar-refractivity contribution in [2.75, 3.05) is 0 Å². The van der Waals surface area contributed by atoms with E-state index >= 15 is 0 Å². The quantitative estimate of drug-likeness (QED) is 0.806. The number of aliphatic hydroxyl groups is 1. The summed E-state index contributed by atoms with van der Waals surface area (Å²) >= 11 is 0. The molecule has 1 aliphatic carbocycles. The zero-order chi connectivity index (χ0) is 12.6. The Labute approximate surface area is 107 Å². The Bertz CT molecular complexity index is 566. The van der Waals surface area contributed by atoms with Gasteiger partial charge < -0.3 is 10.8 Å². The van der Waals surface area contributed by atoms with Gasteiger partial charge in [0.05, 0.1) is 11.6 Å². The summed E-state index contributed by atoms with van der Waals surface area (Å²) in [6.07, 6.45) is 3.43. The number of aliphatic hydroxyl groups excluding tert-OH is 1. The molecule has 2 atom stereocenters. The van der Waals surface area contributed by atoms with Gasteiger partial charge in [-0.05, 0) is 35.2 Å². The lowest BCUT2D eigenvalue weighted by Gasteiger charge is -2.38. The molecule has 2 unspecified atom stereocenters. The predicted molar refractivity (Wildman–Crippen MR) is 74.3 cm³/mol. The molecule has 1 fully saturated rings. The van der Waals surface area contributed by atoms with Crippen LogP contribution >= 0.6 is 0 Å². The van der Waals surface area contributed by atoms with Crippen LogP contribution in [0.5, 0.6) is 0 Å². The van der Waals surface area contributed by atoms with Gasteiger partial charge in [-0.25, -0.2) is 0 Å². The van der Waals surface area contributed by atoms with Gasteiger partial charge in [0.25, 0.3) is 0 Å². The van der Waals surface area contributed by atoms with Crippen molar-refractivity contribution >= 4 is 10.8 Å². The van der Waals surface area contributed by atoms with Crippen LogP contribution in [0, 0.1) is 0 Å². The van der Waals surface area contributed by atoms with E-state index < -0.39 is 11.6 Å². The van der Waals surface area contributed by atoms with Gasteiger partial charge in [-0.1, -0.05) is 49.2 Å². The van der Waals surface area contributed by atoms with Crippen molar-refractivity contribution in [3.63, 3.8) is 0 Å². The summed E-state index contributed by atoms with van der Waals surface area (Å²) in [5.74, 6) is 0. The first-order valence-electron chi connectivity index (χ1n) is 6.66. The minimum atomic E-state index is -0.567. The van der Waals surface area contributed by atoms with Crippen molar-refractivity contribution in [3.05, 3.63) is 48.0 Å². The Kier molecular flexibility index (Phi) is 2.84. The highest BCUT2D eigenvalue weighted by Crippen LogP contribution is 2.36. The first-order valence-corrected chi connectivity index (χ1v) is 6.66. The summed E-state index contributed by atoms with van der Waals surface area (Å²) in [6, 6.07) is 14.6. The van der Waals surface area contributed by atoms with Crippen LogP contribution in [-0.2, 0) is 5.54 Å². The summed E-state index contributed by atoms with van der Waals surface area (Å²) in [7, 11) is 0. The van der Waals surface area contributed by atoms with E-state index in [9.17, 15) is 5.11 Å². The van der Waals surface area contributed by atoms with Crippen LogP contribution < -0.4 is 5.73 Å². The SMILES string of the molecule is NC1(c2ccc3ccccc3c2)CCCCC1O. The highest BCUT2D eigenvalue weighted by molar-refractivity contribution is 5.83. The molecule has 2 aromatic carbocycles. The van der Waals surface area contributed by atoms with Crippen molar-refractivity contribution in [1.29, 1.82) is 0 Å². The Morgan fingerprint density at radius 2 is 1.83 bits per heavy atom. The van der Waals surface area contributed by atoms with E-state index in [2.05, 4.69) is 30.3 Å². The lowest BCUT2D eigenvalue weighted by atomic mass is 9.75. The molecule has 0 aromatic heterocycles. The van der Waals surface area contributed by atoms with Crippen molar-refractivity contribution in [3.8, 4) is 0 Å². The van der Waals surface area contributed by atoms with E-state index in [1.54, 1.807) is 0 Å². The van der Waals surface area contributed by atoms with Crippen LogP contribution in [0.1, 0.15) is 31.2 Å². The van der Waals surface area contributed by atoms with Crippen molar-refractivity contribution in [2.24, 2.45) is 5.73 Å². The molecular weight excluding hydrogens is 222 g/mol. The molecule has 0 amide bonds. The Hall–Kier alpha value is -1.38. The first-order chi connectivity index (χ1) is 8.70. The standard InChI is InChI=1S/C16H19NO/c17-16(10-4-3-7-15(16)18)14-9-8-12-5-1-2-6-13(12)11-14/h1-2,5-6,8-9,11,15,18H,3-4,7,10,17H2. The van der Waals surface area contributed by atoms with Crippen LogP contribution in [-0.4, -0.2) is 11.2 Å². The topological polar surface area (TPSA) is 46.2 Å². The van der Waals surface area contributed by atoms with Gasteiger partial charge in [-0.15, -0.1) is 0 Å². The molecule has 0 spiro atoms. The van der Waals surface area contributed by atoms with E-state index in [0.29, 0.717) is 0 Å². The number of fused-ring (bicyclic) bond motifs is 1. The fourth-order valence-electron chi connectivity index (χ4n) is 2.99. The molecule has 1 saturated carbocycles. The third-order valence-electron chi connectivity index (χ3n) is 4.20. The molecule has 2 heteroatoms. The monoisotopic (exact) mass is 241 g/mol. The van der Waals surface area contributed by atoms with Crippen LogP contribution in [0.4, 0.5) is 0 Å². The van der Waals surface area contributed by atoms with Gasteiger partial charge in [0.15, 0.2) is 0 Å². The highest BCUT2D eigenvalue weighted by atomic mass is 16.3. The second-order valence-corrected chi connectivity index (χ2v) is 5.36. The maximum absolute atomic E-state index is 10.2. The first kappa shape index (κ1) is 11.7. The third kappa shape index (κ3) is 1.82. The average Bonchev–Trinajstić information content (AvgIpc) is 2.42. The summed E-state index contributed by atoms with van der Waals surface area (Å²) in [5.41, 5.74) is 6.96. The molecular formula is C16H19NO. The molecule has 94 valence electrons. The smallest absolute Gasteiger partial charge is 0.0761 e. The van der Waals surface area contributed by atoms with Crippen LogP contribution in [0.15, 0.2) is 42.5 Å². The van der Waals surface area contributed by atoms with E-state index in [-0.39, 0.29) is 0 Å². The average molecular weight is 241 g/mol. The molecule has 0 aliphatic heterocycles.